The largest absolute Gasteiger partial charge is 0.313 e. The number of pyridine rings is 1. The predicted octanol–water partition coefficient (Wildman–Crippen LogP) is 0.943. The number of hydrogen-bond acceptors (Lipinski definition) is 4. The second-order valence-electron chi connectivity index (χ2n) is 3.30. The minimum Gasteiger partial charge on any atom is -0.313 e. The van der Waals surface area contributed by atoms with Crippen LogP contribution in [0.4, 0.5) is 0 Å². The average molecular weight is 203 g/mol. The summed E-state index contributed by atoms with van der Waals surface area (Å²) < 4.78 is 1.63. The van der Waals surface area contributed by atoms with Gasteiger partial charge in [-0.05, 0) is 25.6 Å². The van der Waals surface area contributed by atoms with E-state index in [1.54, 1.807) is 11.0 Å². The smallest absolute Gasteiger partial charge is 0.155 e. The van der Waals surface area contributed by atoms with Crippen molar-refractivity contribution in [3.05, 3.63) is 36.5 Å². The second-order valence-corrected chi connectivity index (χ2v) is 3.30. The third kappa shape index (κ3) is 2.02. The maximum atomic E-state index is 4.31. The Morgan fingerprint density at radius 1 is 1.40 bits per heavy atom. The zero-order valence-electron chi connectivity index (χ0n) is 8.75. The first-order valence-corrected chi connectivity index (χ1v) is 4.79. The van der Waals surface area contributed by atoms with E-state index < -0.39 is 0 Å². The molecule has 0 saturated carbocycles. The highest BCUT2D eigenvalue weighted by atomic mass is 15.3. The van der Waals surface area contributed by atoms with Crippen molar-refractivity contribution in [2.75, 3.05) is 7.05 Å². The topological polar surface area (TPSA) is 55.6 Å². The predicted molar refractivity (Wildman–Crippen MR) is 56.6 cm³/mol. The number of nitrogens with one attached hydrogen (secondary N) is 1. The molecule has 0 aliphatic carbocycles. The monoisotopic (exact) mass is 203 g/mol. The molecule has 2 rings (SSSR count). The summed E-state index contributed by atoms with van der Waals surface area (Å²) >= 11 is 0. The molecule has 0 saturated heterocycles. The van der Waals surface area contributed by atoms with Gasteiger partial charge in [0, 0.05) is 12.2 Å². The molecule has 15 heavy (non-hydrogen) atoms. The summed E-state index contributed by atoms with van der Waals surface area (Å²) in [4.78, 5) is 8.18. The third-order valence-electron chi connectivity index (χ3n) is 2.36. The number of nitrogens with zero attached hydrogens (tertiary/aromatic N) is 4. The number of aromatic nitrogens is 4. The molecule has 78 valence electrons. The van der Waals surface area contributed by atoms with Crippen LogP contribution in [0.3, 0.4) is 0 Å². The maximum Gasteiger partial charge on any atom is 0.155 e. The Labute approximate surface area is 88.2 Å². The van der Waals surface area contributed by atoms with Gasteiger partial charge in [0.15, 0.2) is 5.82 Å². The fourth-order valence-electron chi connectivity index (χ4n) is 1.28. The van der Waals surface area contributed by atoms with Gasteiger partial charge in [0.05, 0.1) is 0 Å². The van der Waals surface area contributed by atoms with Gasteiger partial charge >= 0.3 is 0 Å². The Hall–Kier alpha value is -1.75. The van der Waals surface area contributed by atoms with Crippen LogP contribution in [0.2, 0.25) is 0 Å². The molecule has 5 nitrogen and oxygen atoms in total. The molecule has 2 heterocycles. The molecule has 1 atom stereocenters. The average Bonchev–Trinajstić information content (AvgIpc) is 2.82. The fraction of sp³-hybridized carbons (Fsp3) is 0.300. The minimum absolute atomic E-state index is 0.308. The van der Waals surface area contributed by atoms with E-state index in [1.165, 1.54) is 6.33 Å². The van der Waals surface area contributed by atoms with E-state index >= 15 is 0 Å². The molecule has 1 N–H and O–H groups in total. The van der Waals surface area contributed by atoms with Crippen molar-refractivity contribution in [3.8, 4) is 5.82 Å². The fourth-order valence-corrected chi connectivity index (χ4v) is 1.28. The lowest BCUT2D eigenvalue weighted by Gasteiger charge is -2.09. The molecule has 0 bridgehead atoms. The molecule has 2 aromatic heterocycles. The molecule has 0 amide bonds. The van der Waals surface area contributed by atoms with E-state index in [0.29, 0.717) is 6.04 Å². The Bertz CT molecular complexity index is 406. The normalized spacial score (nSPS) is 12.7. The van der Waals surface area contributed by atoms with Crippen LogP contribution in [0.5, 0.6) is 0 Å². The Kier molecular flexibility index (Phi) is 2.73. The molecule has 0 spiro atoms. The summed E-state index contributed by atoms with van der Waals surface area (Å²) in [5, 5.41) is 7.17. The van der Waals surface area contributed by atoms with Crippen LogP contribution in [0.25, 0.3) is 5.82 Å². The van der Waals surface area contributed by atoms with Crippen LogP contribution in [0, 0.1) is 0 Å². The van der Waals surface area contributed by atoms with Crippen LogP contribution in [-0.4, -0.2) is 26.8 Å². The van der Waals surface area contributed by atoms with Crippen molar-refractivity contribution in [2.24, 2.45) is 0 Å². The van der Waals surface area contributed by atoms with Crippen molar-refractivity contribution in [2.45, 2.75) is 13.0 Å². The first-order chi connectivity index (χ1) is 7.31. The molecule has 2 aromatic rings. The van der Waals surface area contributed by atoms with E-state index in [1.807, 2.05) is 25.4 Å². The van der Waals surface area contributed by atoms with E-state index in [0.717, 1.165) is 11.4 Å². The molecule has 5 heteroatoms. The lowest BCUT2D eigenvalue weighted by Crippen LogP contribution is -2.12. The van der Waals surface area contributed by atoms with Crippen LogP contribution >= 0.6 is 0 Å². The van der Waals surface area contributed by atoms with Crippen LogP contribution in [0.15, 0.2) is 31.0 Å². The van der Waals surface area contributed by atoms with Crippen molar-refractivity contribution in [3.63, 3.8) is 0 Å². The zero-order valence-corrected chi connectivity index (χ0v) is 8.75. The number of rotatable bonds is 3. The quantitative estimate of drug-likeness (QED) is 0.806. The van der Waals surface area contributed by atoms with Crippen molar-refractivity contribution < 1.29 is 0 Å². The lowest BCUT2D eigenvalue weighted by molar-refractivity contribution is 0.648. The highest BCUT2D eigenvalue weighted by Gasteiger charge is 2.03. The van der Waals surface area contributed by atoms with Crippen molar-refractivity contribution in [1.82, 2.24) is 25.1 Å². The van der Waals surface area contributed by atoms with E-state index in [4.69, 9.17) is 0 Å². The van der Waals surface area contributed by atoms with Gasteiger partial charge in [-0.1, -0.05) is 6.07 Å². The summed E-state index contributed by atoms with van der Waals surface area (Å²) in [6.45, 7) is 2.09. The van der Waals surface area contributed by atoms with Gasteiger partial charge in [0.25, 0.3) is 0 Å². The molecule has 0 fully saturated rings. The molecular weight excluding hydrogens is 190 g/mol. The summed E-state index contributed by atoms with van der Waals surface area (Å²) in [5.41, 5.74) is 1.15. The van der Waals surface area contributed by atoms with Gasteiger partial charge in [0.1, 0.15) is 12.7 Å². The minimum atomic E-state index is 0.308. The second kappa shape index (κ2) is 4.18. The first kappa shape index (κ1) is 9.79. The SMILES string of the molecule is CNC(C)c1ccc(-n2cncn2)nc1. The first-order valence-electron chi connectivity index (χ1n) is 4.79. The Balaban J connectivity index is 2.25. The highest BCUT2D eigenvalue weighted by molar-refractivity contribution is 5.25. The van der Waals surface area contributed by atoms with E-state index in [9.17, 15) is 0 Å². The Morgan fingerprint density at radius 3 is 2.80 bits per heavy atom. The molecule has 0 aliphatic heterocycles. The Morgan fingerprint density at radius 2 is 2.27 bits per heavy atom. The summed E-state index contributed by atoms with van der Waals surface area (Å²) in [7, 11) is 1.93. The van der Waals surface area contributed by atoms with Crippen molar-refractivity contribution in [1.29, 1.82) is 0 Å². The molecule has 1 unspecified atom stereocenters. The molecule has 0 radical (unpaired) electrons. The summed E-state index contributed by atoms with van der Waals surface area (Å²) in [6, 6.07) is 4.27. The zero-order chi connectivity index (χ0) is 10.7. The third-order valence-corrected chi connectivity index (χ3v) is 2.36. The van der Waals surface area contributed by atoms with Gasteiger partial charge < -0.3 is 5.32 Å². The van der Waals surface area contributed by atoms with Gasteiger partial charge in [-0.2, -0.15) is 5.10 Å². The molecule has 0 aromatic carbocycles. The van der Waals surface area contributed by atoms with Crippen molar-refractivity contribution >= 4 is 0 Å². The van der Waals surface area contributed by atoms with Gasteiger partial charge in [-0.15, -0.1) is 0 Å². The number of hydrogen-bond donors (Lipinski definition) is 1. The van der Waals surface area contributed by atoms with Crippen LogP contribution in [0.1, 0.15) is 18.5 Å². The van der Waals surface area contributed by atoms with Crippen LogP contribution < -0.4 is 5.32 Å². The lowest BCUT2D eigenvalue weighted by atomic mass is 10.1. The standard InChI is InChI=1S/C10H13N5/c1-8(11-2)9-3-4-10(13-5-9)15-7-12-6-14-15/h3-8,11H,1-2H3. The van der Waals surface area contributed by atoms with Gasteiger partial charge in [-0.25, -0.2) is 14.6 Å². The maximum absolute atomic E-state index is 4.31. The van der Waals surface area contributed by atoms with Gasteiger partial charge in [-0.3, -0.25) is 0 Å². The van der Waals surface area contributed by atoms with Gasteiger partial charge in [0.2, 0.25) is 0 Å². The summed E-state index contributed by atoms with van der Waals surface area (Å²) in [6.07, 6.45) is 4.97. The van der Waals surface area contributed by atoms with E-state index in [-0.39, 0.29) is 0 Å². The highest BCUT2D eigenvalue weighted by Crippen LogP contribution is 2.11. The molecular formula is C10H13N5. The summed E-state index contributed by atoms with van der Waals surface area (Å²) in [5.74, 6) is 0.777. The van der Waals surface area contributed by atoms with E-state index in [2.05, 4.69) is 27.3 Å². The van der Waals surface area contributed by atoms with Crippen LogP contribution in [-0.2, 0) is 0 Å². The molecule has 0 aliphatic rings.